The first-order valence-electron chi connectivity index (χ1n) is 3.31. The van der Waals surface area contributed by atoms with Crippen molar-refractivity contribution < 1.29 is 8.42 Å². The Morgan fingerprint density at radius 3 is 1.67 bits per heavy atom. The van der Waals surface area contributed by atoms with Gasteiger partial charge in [-0.1, -0.05) is 35.9 Å². The molecule has 0 radical (unpaired) electrons. The van der Waals surface area contributed by atoms with E-state index in [9.17, 15) is 8.42 Å². The molecule has 1 aromatic carbocycles. The molecule has 1 rings (SSSR count). The molecular formula is C8H11IO2S. The lowest BCUT2D eigenvalue weighted by Crippen LogP contribution is -1.74. The van der Waals surface area contributed by atoms with Crippen LogP contribution in [0.2, 0.25) is 0 Å². The molecule has 2 nitrogen and oxygen atoms in total. The van der Waals surface area contributed by atoms with Gasteiger partial charge in [0.15, 0.2) is 7.01 Å². The van der Waals surface area contributed by atoms with Crippen molar-refractivity contribution >= 4 is 28.2 Å². The smallest absolute Gasteiger partial charge is 0.200 e. The lowest BCUT2D eigenvalue weighted by molar-refractivity contribution is 0.617. The van der Waals surface area contributed by atoms with E-state index in [2.05, 4.69) is 19.1 Å². The van der Waals surface area contributed by atoms with Gasteiger partial charge < -0.3 is 0 Å². The van der Waals surface area contributed by atoms with Crippen molar-refractivity contribution in [1.29, 1.82) is 0 Å². The van der Waals surface area contributed by atoms with Gasteiger partial charge in [-0.05, 0) is 6.92 Å². The molecule has 0 saturated heterocycles. The zero-order valence-corrected chi connectivity index (χ0v) is 9.96. The normalized spacial score (nSPS) is 9.92. The summed E-state index contributed by atoms with van der Waals surface area (Å²) in [4.78, 5) is 0. The molecule has 4 heteroatoms. The minimum absolute atomic E-state index is 1.15. The van der Waals surface area contributed by atoms with Gasteiger partial charge in [-0.25, -0.2) is 8.42 Å². The summed E-state index contributed by atoms with van der Waals surface area (Å²) in [6.07, 6.45) is 1.15. The summed E-state index contributed by atoms with van der Waals surface area (Å²) in [5, 5.41) is 0. The molecule has 0 amide bonds. The third-order valence-electron chi connectivity index (χ3n) is 0.940. The van der Waals surface area contributed by atoms with E-state index in [1.54, 1.807) is 0 Å². The Bertz CT molecular complexity index is 297. The Kier molecular flexibility index (Phi) is 5.48. The fourth-order valence-electron chi connectivity index (χ4n) is 0.534. The minimum atomic E-state index is -2.70. The van der Waals surface area contributed by atoms with Crippen LogP contribution in [0.4, 0.5) is 0 Å². The fourth-order valence-corrected chi connectivity index (χ4v) is 0.534. The van der Waals surface area contributed by atoms with E-state index in [0.717, 1.165) is 6.26 Å². The molecule has 1 aromatic rings. The summed E-state index contributed by atoms with van der Waals surface area (Å²) in [5.41, 5.74) is 1.32. The van der Waals surface area contributed by atoms with Gasteiger partial charge in [0, 0.05) is 6.26 Å². The lowest BCUT2D eigenvalue weighted by Gasteiger charge is -1.82. The highest BCUT2D eigenvalue weighted by molar-refractivity contribution is 14.2. The average Bonchev–Trinajstić information content (AvgIpc) is 1.85. The van der Waals surface area contributed by atoms with E-state index in [1.165, 1.54) is 26.8 Å². The number of aryl methyl sites for hydroxylation is 1. The largest absolute Gasteiger partial charge is 0.219 e. The third-order valence-corrected chi connectivity index (χ3v) is 0.940. The van der Waals surface area contributed by atoms with Gasteiger partial charge in [-0.3, -0.25) is 0 Å². The first-order chi connectivity index (χ1) is 5.39. The Balaban J connectivity index is 0.000000217. The standard InChI is InChI=1S/C7H8.CH3IO2S/c1-7-5-3-2-4-6-7;1-5(2,3)4/h2-6H,1H3;1H3. The number of benzene rings is 1. The van der Waals surface area contributed by atoms with Gasteiger partial charge in [-0.15, -0.1) is 0 Å². The van der Waals surface area contributed by atoms with Crippen molar-refractivity contribution in [1.82, 2.24) is 0 Å². The van der Waals surface area contributed by atoms with Crippen molar-refractivity contribution in [2.45, 2.75) is 6.92 Å². The summed E-state index contributed by atoms with van der Waals surface area (Å²) in [5.74, 6) is 0. The van der Waals surface area contributed by atoms with E-state index in [0.29, 0.717) is 0 Å². The SMILES string of the molecule is CS(=O)(=O)I.Cc1ccccc1. The molecule has 0 unspecified atom stereocenters. The molecule has 0 saturated carbocycles. The second-order valence-corrected chi connectivity index (χ2v) is 8.50. The van der Waals surface area contributed by atoms with Crippen LogP contribution in [-0.4, -0.2) is 14.7 Å². The fraction of sp³-hybridized carbons (Fsp3) is 0.250. The van der Waals surface area contributed by atoms with Gasteiger partial charge in [0.05, 0.1) is 21.2 Å². The molecule has 0 fully saturated rings. The van der Waals surface area contributed by atoms with Crippen LogP contribution in [0.3, 0.4) is 0 Å². The molecule has 0 aromatic heterocycles. The first-order valence-corrected chi connectivity index (χ1v) is 7.74. The molecule has 0 spiro atoms. The van der Waals surface area contributed by atoms with Crippen molar-refractivity contribution in [3.8, 4) is 0 Å². The third kappa shape index (κ3) is 12.6. The van der Waals surface area contributed by atoms with Gasteiger partial charge in [0.1, 0.15) is 0 Å². The minimum Gasteiger partial charge on any atom is -0.219 e. The molecule has 0 bridgehead atoms. The number of halogens is 1. The zero-order chi connectivity index (χ0) is 9.61. The van der Waals surface area contributed by atoms with E-state index in [1.807, 2.05) is 18.2 Å². The topological polar surface area (TPSA) is 34.1 Å². The van der Waals surface area contributed by atoms with Crippen LogP contribution in [-0.2, 0) is 7.01 Å². The van der Waals surface area contributed by atoms with Crippen LogP contribution >= 0.6 is 21.2 Å². The maximum absolute atomic E-state index is 9.62. The summed E-state index contributed by atoms with van der Waals surface area (Å²) >= 11 is 1.35. The quantitative estimate of drug-likeness (QED) is 0.544. The molecule has 0 N–H and O–H groups in total. The maximum Gasteiger partial charge on any atom is 0.200 e. The maximum atomic E-state index is 9.62. The van der Waals surface area contributed by atoms with Crippen LogP contribution in [0.1, 0.15) is 5.56 Å². The first kappa shape index (κ1) is 11.9. The van der Waals surface area contributed by atoms with Crippen LogP contribution in [0.15, 0.2) is 30.3 Å². The second-order valence-electron chi connectivity index (χ2n) is 2.34. The van der Waals surface area contributed by atoms with Crippen LogP contribution in [0.25, 0.3) is 0 Å². The summed E-state index contributed by atoms with van der Waals surface area (Å²) < 4.78 is 19.2. The zero-order valence-electron chi connectivity index (χ0n) is 6.99. The highest BCUT2D eigenvalue weighted by Crippen LogP contribution is 1.92. The monoisotopic (exact) mass is 298 g/mol. The van der Waals surface area contributed by atoms with Crippen molar-refractivity contribution in [2.75, 3.05) is 6.26 Å². The molecule has 0 heterocycles. The second kappa shape index (κ2) is 5.53. The molecule has 0 aliphatic rings. The molecule has 0 aliphatic carbocycles. The van der Waals surface area contributed by atoms with Crippen molar-refractivity contribution in [3.05, 3.63) is 35.9 Å². The van der Waals surface area contributed by atoms with Crippen LogP contribution in [0.5, 0.6) is 0 Å². The lowest BCUT2D eigenvalue weighted by atomic mass is 10.2. The molecule has 12 heavy (non-hydrogen) atoms. The Morgan fingerprint density at radius 2 is 1.50 bits per heavy atom. The Labute approximate surface area is 85.5 Å². The number of rotatable bonds is 0. The van der Waals surface area contributed by atoms with Gasteiger partial charge in [-0.2, -0.15) is 0 Å². The number of hydrogen-bond donors (Lipinski definition) is 0. The molecule has 0 aliphatic heterocycles. The summed E-state index contributed by atoms with van der Waals surface area (Å²) in [6.45, 7) is 2.08. The number of hydrogen-bond acceptors (Lipinski definition) is 2. The van der Waals surface area contributed by atoms with E-state index in [-0.39, 0.29) is 0 Å². The van der Waals surface area contributed by atoms with Crippen LogP contribution < -0.4 is 0 Å². The van der Waals surface area contributed by atoms with Gasteiger partial charge in [0.2, 0.25) is 0 Å². The highest BCUT2D eigenvalue weighted by atomic mass is 127. The summed E-state index contributed by atoms with van der Waals surface area (Å²) in [6, 6.07) is 10.3. The highest BCUT2D eigenvalue weighted by Gasteiger charge is 1.82. The predicted octanol–water partition coefficient (Wildman–Crippen LogP) is 2.38. The van der Waals surface area contributed by atoms with E-state index < -0.39 is 7.01 Å². The predicted molar refractivity (Wildman–Crippen MR) is 60.0 cm³/mol. The van der Waals surface area contributed by atoms with E-state index >= 15 is 0 Å². The molecule has 0 atom stereocenters. The average molecular weight is 298 g/mol. The van der Waals surface area contributed by atoms with Crippen molar-refractivity contribution in [3.63, 3.8) is 0 Å². The Morgan fingerprint density at radius 1 is 1.17 bits per heavy atom. The summed E-state index contributed by atoms with van der Waals surface area (Å²) in [7, 11) is -2.70. The van der Waals surface area contributed by atoms with Crippen LogP contribution in [0, 0.1) is 6.92 Å². The molecular weight excluding hydrogens is 287 g/mol. The van der Waals surface area contributed by atoms with Gasteiger partial charge >= 0.3 is 0 Å². The van der Waals surface area contributed by atoms with Gasteiger partial charge in [0.25, 0.3) is 0 Å². The van der Waals surface area contributed by atoms with E-state index in [4.69, 9.17) is 0 Å². The van der Waals surface area contributed by atoms with Crippen molar-refractivity contribution in [2.24, 2.45) is 0 Å². The Hall–Kier alpha value is -0.100. The molecule has 68 valence electrons.